The molecule has 0 amide bonds. The van der Waals surface area contributed by atoms with E-state index < -0.39 is 18.6 Å². The standard InChI is InChI=1S/C14H15F3N4O/c15-14(16,17)5-3-11-4-7-19-13(20-11)21-12(9-22)10-2-1-6-18-8-10/h1-2,4,6-8,12,22H,3,5,9H2,(H,19,20,21)/t12-/m0/s1. The van der Waals surface area contributed by atoms with Gasteiger partial charge in [0.1, 0.15) is 0 Å². The van der Waals surface area contributed by atoms with Gasteiger partial charge in [0.15, 0.2) is 0 Å². The van der Waals surface area contributed by atoms with Crippen LogP contribution >= 0.6 is 0 Å². The fourth-order valence-corrected chi connectivity index (χ4v) is 1.85. The van der Waals surface area contributed by atoms with E-state index in [4.69, 9.17) is 0 Å². The number of nitrogens with one attached hydrogen (secondary N) is 1. The van der Waals surface area contributed by atoms with Gasteiger partial charge in [0.25, 0.3) is 0 Å². The first-order chi connectivity index (χ1) is 10.5. The summed E-state index contributed by atoms with van der Waals surface area (Å²) in [4.78, 5) is 11.9. The van der Waals surface area contributed by atoms with Crippen molar-refractivity contribution in [2.75, 3.05) is 11.9 Å². The summed E-state index contributed by atoms with van der Waals surface area (Å²) in [6, 6.07) is 4.45. The molecule has 0 spiro atoms. The average molecular weight is 312 g/mol. The molecule has 2 heterocycles. The van der Waals surface area contributed by atoms with Crippen molar-refractivity contribution in [3.8, 4) is 0 Å². The molecule has 2 rings (SSSR count). The second kappa shape index (κ2) is 7.17. The molecule has 0 aliphatic rings. The number of anilines is 1. The van der Waals surface area contributed by atoms with Gasteiger partial charge in [-0.1, -0.05) is 6.07 Å². The van der Waals surface area contributed by atoms with Crippen molar-refractivity contribution in [2.45, 2.75) is 25.1 Å². The van der Waals surface area contributed by atoms with Crippen LogP contribution in [0.4, 0.5) is 19.1 Å². The highest BCUT2D eigenvalue weighted by molar-refractivity contribution is 5.31. The van der Waals surface area contributed by atoms with E-state index in [-0.39, 0.29) is 24.7 Å². The van der Waals surface area contributed by atoms with Crippen molar-refractivity contribution >= 4 is 5.95 Å². The first-order valence-electron chi connectivity index (χ1n) is 6.64. The quantitative estimate of drug-likeness (QED) is 0.857. The van der Waals surface area contributed by atoms with Gasteiger partial charge in [-0.2, -0.15) is 13.2 Å². The van der Waals surface area contributed by atoms with Crippen LogP contribution in [0.1, 0.15) is 23.7 Å². The lowest BCUT2D eigenvalue weighted by Gasteiger charge is -2.16. The molecular formula is C14H15F3N4O. The number of aryl methyl sites for hydroxylation is 1. The molecule has 0 fully saturated rings. The van der Waals surface area contributed by atoms with Crippen LogP contribution in [-0.4, -0.2) is 32.8 Å². The molecule has 0 saturated carbocycles. The monoisotopic (exact) mass is 312 g/mol. The van der Waals surface area contributed by atoms with Gasteiger partial charge in [0, 0.05) is 30.7 Å². The van der Waals surface area contributed by atoms with E-state index in [0.717, 1.165) is 5.56 Å². The number of hydrogen-bond donors (Lipinski definition) is 2. The van der Waals surface area contributed by atoms with Crippen molar-refractivity contribution in [1.29, 1.82) is 0 Å². The molecule has 0 aliphatic carbocycles. The van der Waals surface area contributed by atoms with E-state index >= 15 is 0 Å². The van der Waals surface area contributed by atoms with Gasteiger partial charge in [-0.05, 0) is 24.1 Å². The van der Waals surface area contributed by atoms with Crippen LogP contribution in [-0.2, 0) is 6.42 Å². The van der Waals surface area contributed by atoms with Crippen LogP contribution in [0.15, 0.2) is 36.8 Å². The summed E-state index contributed by atoms with van der Waals surface area (Å²) in [6.07, 6.45) is -0.791. The molecule has 8 heteroatoms. The molecule has 0 bridgehead atoms. The van der Waals surface area contributed by atoms with Crippen molar-refractivity contribution in [1.82, 2.24) is 15.0 Å². The van der Waals surface area contributed by atoms with Crippen molar-refractivity contribution in [2.24, 2.45) is 0 Å². The Balaban J connectivity index is 2.06. The zero-order valence-electron chi connectivity index (χ0n) is 11.6. The highest BCUT2D eigenvalue weighted by atomic mass is 19.4. The Morgan fingerprint density at radius 3 is 2.68 bits per heavy atom. The molecule has 0 aromatic carbocycles. The summed E-state index contributed by atoms with van der Waals surface area (Å²) in [5.41, 5.74) is 1.02. The molecule has 22 heavy (non-hydrogen) atoms. The van der Waals surface area contributed by atoms with Crippen LogP contribution in [0.2, 0.25) is 0 Å². The molecule has 118 valence electrons. The summed E-state index contributed by atoms with van der Waals surface area (Å²) in [5, 5.41) is 12.3. The molecule has 0 unspecified atom stereocenters. The maximum Gasteiger partial charge on any atom is 0.389 e. The van der Waals surface area contributed by atoms with Gasteiger partial charge in [0.2, 0.25) is 5.95 Å². The highest BCUT2D eigenvalue weighted by Gasteiger charge is 2.26. The molecule has 1 atom stereocenters. The second-order valence-electron chi connectivity index (χ2n) is 4.65. The smallest absolute Gasteiger partial charge is 0.389 e. The van der Waals surface area contributed by atoms with E-state index in [1.807, 2.05) is 0 Å². The predicted molar refractivity (Wildman–Crippen MR) is 74.1 cm³/mol. The zero-order chi connectivity index (χ0) is 16.0. The van der Waals surface area contributed by atoms with Crippen LogP contribution in [0.25, 0.3) is 0 Å². The van der Waals surface area contributed by atoms with Gasteiger partial charge in [0.05, 0.1) is 12.6 Å². The van der Waals surface area contributed by atoms with Gasteiger partial charge in [-0.25, -0.2) is 9.97 Å². The lowest BCUT2D eigenvalue weighted by Crippen LogP contribution is -2.17. The van der Waals surface area contributed by atoms with Gasteiger partial charge < -0.3 is 10.4 Å². The maximum atomic E-state index is 12.2. The first-order valence-corrected chi connectivity index (χ1v) is 6.64. The normalized spacial score (nSPS) is 12.9. The van der Waals surface area contributed by atoms with Crippen LogP contribution in [0.5, 0.6) is 0 Å². The number of aliphatic hydroxyl groups excluding tert-OH is 1. The summed E-state index contributed by atoms with van der Waals surface area (Å²) in [5.74, 6) is 0.169. The number of hydrogen-bond acceptors (Lipinski definition) is 5. The number of halogens is 3. The van der Waals surface area contributed by atoms with Gasteiger partial charge in [-0.15, -0.1) is 0 Å². The second-order valence-corrected chi connectivity index (χ2v) is 4.65. The topological polar surface area (TPSA) is 70.9 Å². The maximum absolute atomic E-state index is 12.2. The highest BCUT2D eigenvalue weighted by Crippen LogP contribution is 2.22. The molecule has 0 radical (unpaired) electrons. The number of aromatic nitrogens is 3. The lowest BCUT2D eigenvalue weighted by atomic mass is 10.1. The average Bonchev–Trinajstić information content (AvgIpc) is 2.51. The molecular weight excluding hydrogens is 297 g/mol. The number of rotatable bonds is 6. The Labute approximate surface area is 125 Å². The van der Waals surface area contributed by atoms with E-state index in [9.17, 15) is 18.3 Å². The number of alkyl halides is 3. The molecule has 5 nitrogen and oxygen atoms in total. The molecule has 0 saturated heterocycles. The number of pyridine rings is 1. The minimum Gasteiger partial charge on any atom is -0.394 e. The summed E-state index contributed by atoms with van der Waals surface area (Å²) in [7, 11) is 0. The number of nitrogens with zero attached hydrogens (tertiary/aromatic N) is 3. The largest absolute Gasteiger partial charge is 0.394 e. The molecule has 2 aromatic heterocycles. The minimum atomic E-state index is -4.22. The van der Waals surface area contributed by atoms with E-state index in [1.54, 1.807) is 24.5 Å². The summed E-state index contributed by atoms with van der Waals surface area (Å²) in [6.45, 7) is -0.220. The Kier molecular flexibility index (Phi) is 5.26. The fourth-order valence-electron chi connectivity index (χ4n) is 1.85. The summed E-state index contributed by atoms with van der Waals surface area (Å²) >= 11 is 0. The SMILES string of the molecule is OC[C@H](Nc1nccc(CCC(F)(F)F)n1)c1cccnc1. The van der Waals surface area contributed by atoms with Gasteiger partial charge >= 0.3 is 6.18 Å². The van der Waals surface area contributed by atoms with Crippen molar-refractivity contribution < 1.29 is 18.3 Å². The summed E-state index contributed by atoms with van der Waals surface area (Å²) < 4.78 is 36.7. The van der Waals surface area contributed by atoms with Crippen LogP contribution in [0, 0.1) is 0 Å². The predicted octanol–water partition coefficient (Wildman–Crippen LogP) is 2.51. The molecule has 2 aromatic rings. The molecule has 0 aliphatic heterocycles. The third-order valence-corrected chi connectivity index (χ3v) is 2.95. The van der Waals surface area contributed by atoms with Crippen molar-refractivity contribution in [3.05, 3.63) is 48.0 Å². The van der Waals surface area contributed by atoms with E-state index in [1.165, 1.54) is 12.3 Å². The van der Waals surface area contributed by atoms with E-state index in [2.05, 4.69) is 20.3 Å². The minimum absolute atomic E-state index is 0.169. The lowest BCUT2D eigenvalue weighted by molar-refractivity contribution is -0.134. The van der Waals surface area contributed by atoms with Gasteiger partial charge in [-0.3, -0.25) is 4.98 Å². The Hall–Kier alpha value is -2.22. The Morgan fingerprint density at radius 2 is 2.05 bits per heavy atom. The zero-order valence-corrected chi connectivity index (χ0v) is 11.6. The third kappa shape index (κ3) is 4.96. The fraction of sp³-hybridized carbons (Fsp3) is 0.357. The van der Waals surface area contributed by atoms with Crippen LogP contribution < -0.4 is 5.32 Å². The van der Waals surface area contributed by atoms with E-state index in [0.29, 0.717) is 0 Å². The third-order valence-electron chi connectivity index (χ3n) is 2.95. The number of aliphatic hydroxyl groups is 1. The van der Waals surface area contributed by atoms with Crippen molar-refractivity contribution in [3.63, 3.8) is 0 Å². The molecule has 2 N–H and O–H groups in total. The first kappa shape index (κ1) is 16.2. The Morgan fingerprint density at radius 1 is 1.23 bits per heavy atom. The van der Waals surface area contributed by atoms with Crippen LogP contribution in [0.3, 0.4) is 0 Å². The Bertz CT molecular complexity index is 592.